The molecule has 1 aromatic heterocycles. The van der Waals surface area contributed by atoms with Crippen LogP contribution < -0.4 is 10.6 Å². The van der Waals surface area contributed by atoms with Crippen LogP contribution in [0.15, 0.2) is 12.3 Å². The quantitative estimate of drug-likeness (QED) is 0.763. The van der Waals surface area contributed by atoms with Gasteiger partial charge in [-0.15, -0.1) is 0 Å². The van der Waals surface area contributed by atoms with Crippen LogP contribution in [-0.2, 0) is 4.74 Å². The van der Waals surface area contributed by atoms with Crippen molar-refractivity contribution < 1.29 is 9.53 Å². The number of ether oxygens (including phenoxy) is 1. The van der Waals surface area contributed by atoms with Crippen LogP contribution in [0.5, 0.6) is 0 Å². The van der Waals surface area contributed by atoms with Gasteiger partial charge in [-0.2, -0.15) is 5.10 Å². The molecular formula is C13H24N4O2. The summed E-state index contributed by atoms with van der Waals surface area (Å²) in [5.74, 6) is 0. The number of hydrogen-bond donors (Lipinski definition) is 3. The van der Waals surface area contributed by atoms with Gasteiger partial charge < -0.3 is 15.4 Å². The highest BCUT2D eigenvalue weighted by Gasteiger charge is 2.17. The highest BCUT2D eigenvalue weighted by atomic mass is 16.6. The molecule has 0 saturated heterocycles. The maximum absolute atomic E-state index is 11.6. The Labute approximate surface area is 114 Å². The number of nitrogens with one attached hydrogen (secondary N) is 3. The summed E-state index contributed by atoms with van der Waals surface area (Å²) in [6, 6.07) is 2.06. The van der Waals surface area contributed by atoms with E-state index in [1.165, 1.54) is 0 Å². The number of alkyl carbamates (subject to hydrolysis) is 1. The Morgan fingerprint density at radius 2 is 2.16 bits per heavy atom. The minimum atomic E-state index is -0.472. The van der Waals surface area contributed by atoms with Gasteiger partial charge in [-0.1, -0.05) is 0 Å². The van der Waals surface area contributed by atoms with E-state index >= 15 is 0 Å². The Morgan fingerprint density at radius 1 is 1.47 bits per heavy atom. The summed E-state index contributed by atoms with van der Waals surface area (Å²) >= 11 is 0. The molecule has 0 spiro atoms. The molecule has 1 heterocycles. The molecule has 0 aliphatic carbocycles. The summed E-state index contributed by atoms with van der Waals surface area (Å²) < 4.78 is 5.19. The minimum Gasteiger partial charge on any atom is -0.444 e. The number of rotatable bonds is 5. The topological polar surface area (TPSA) is 79.0 Å². The lowest BCUT2D eigenvalue weighted by Crippen LogP contribution is -2.43. The van der Waals surface area contributed by atoms with Gasteiger partial charge in [0.1, 0.15) is 5.60 Å². The molecule has 3 N–H and O–H groups in total. The van der Waals surface area contributed by atoms with Crippen LogP contribution >= 0.6 is 0 Å². The first-order valence-electron chi connectivity index (χ1n) is 6.50. The van der Waals surface area contributed by atoms with Crippen molar-refractivity contribution in [3.8, 4) is 0 Å². The third-order valence-electron chi connectivity index (χ3n) is 2.48. The number of amides is 1. The predicted molar refractivity (Wildman–Crippen MR) is 73.8 cm³/mol. The summed E-state index contributed by atoms with van der Waals surface area (Å²) in [4.78, 5) is 11.6. The molecular weight excluding hydrogens is 244 g/mol. The molecule has 0 fully saturated rings. The molecule has 19 heavy (non-hydrogen) atoms. The van der Waals surface area contributed by atoms with Gasteiger partial charge in [0.25, 0.3) is 0 Å². The van der Waals surface area contributed by atoms with Gasteiger partial charge in [0, 0.05) is 24.8 Å². The Bertz CT molecular complexity index is 384. The SMILES string of the molecule is CC(CNC(C)c1ccn[nH]1)NC(=O)OC(C)(C)C. The van der Waals surface area contributed by atoms with Crippen LogP contribution in [0.25, 0.3) is 0 Å². The Balaban J connectivity index is 2.28. The molecule has 1 aromatic rings. The Morgan fingerprint density at radius 3 is 2.68 bits per heavy atom. The van der Waals surface area contributed by atoms with E-state index in [0.717, 1.165) is 5.69 Å². The van der Waals surface area contributed by atoms with Gasteiger partial charge in [0.05, 0.1) is 5.69 Å². The van der Waals surface area contributed by atoms with Crippen LogP contribution in [0, 0.1) is 0 Å². The molecule has 1 rings (SSSR count). The number of carbonyl (C=O) groups is 1. The van der Waals surface area contributed by atoms with Gasteiger partial charge >= 0.3 is 6.09 Å². The standard InChI is InChI=1S/C13H24N4O2/c1-9(16-12(18)19-13(3,4)5)8-14-10(2)11-6-7-15-17-11/h6-7,9-10,14H,8H2,1-5H3,(H,15,17)(H,16,18). The lowest BCUT2D eigenvalue weighted by atomic mass is 10.2. The van der Waals surface area contributed by atoms with Crippen molar-refractivity contribution in [1.82, 2.24) is 20.8 Å². The zero-order chi connectivity index (χ0) is 14.5. The molecule has 0 aliphatic rings. The second kappa shape index (κ2) is 6.56. The van der Waals surface area contributed by atoms with Crippen LogP contribution in [-0.4, -0.2) is 34.5 Å². The molecule has 0 saturated carbocycles. The molecule has 0 radical (unpaired) electrons. The van der Waals surface area contributed by atoms with Crippen LogP contribution in [0.2, 0.25) is 0 Å². The lowest BCUT2D eigenvalue weighted by molar-refractivity contribution is 0.0507. The molecule has 108 valence electrons. The largest absolute Gasteiger partial charge is 0.444 e. The van der Waals surface area contributed by atoms with Gasteiger partial charge in [-0.25, -0.2) is 4.79 Å². The smallest absolute Gasteiger partial charge is 0.407 e. The zero-order valence-corrected chi connectivity index (χ0v) is 12.3. The first-order chi connectivity index (χ1) is 8.78. The monoisotopic (exact) mass is 268 g/mol. The highest BCUT2D eigenvalue weighted by Crippen LogP contribution is 2.08. The summed E-state index contributed by atoms with van der Waals surface area (Å²) in [6.45, 7) is 10.1. The van der Waals surface area contributed by atoms with E-state index in [9.17, 15) is 4.79 Å². The summed E-state index contributed by atoms with van der Waals surface area (Å²) in [5.41, 5.74) is 0.546. The third kappa shape index (κ3) is 6.24. The molecule has 2 unspecified atom stereocenters. The first-order valence-corrected chi connectivity index (χ1v) is 6.50. The molecule has 0 aliphatic heterocycles. The summed E-state index contributed by atoms with van der Waals surface area (Å²) in [6.07, 6.45) is 1.33. The van der Waals surface area contributed by atoms with E-state index in [2.05, 4.69) is 20.8 Å². The molecule has 1 amide bonds. The van der Waals surface area contributed by atoms with Gasteiger partial charge in [-0.05, 0) is 40.7 Å². The second-order valence-corrected chi connectivity index (χ2v) is 5.69. The Hall–Kier alpha value is -1.56. The maximum atomic E-state index is 11.6. The minimum absolute atomic E-state index is 0.0137. The normalized spacial score (nSPS) is 14.8. The predicted octanol–water partition coefficient (Wildman–Crippen LogP) is 1.97. The van der Waals surface area contributed by atoms with Crippen LogP contribution in [0.3, 0.4) is 0 Å². The highest BCUT2D eigenvalue weighted by molar-refractivity contribution is 5.68. The average Bonchev–Trinajstić information content (AvgIpc) is 2.76. The van der Waals surface area contributed by atoms with Gasteiger partial charge in [0.15, 0.2) is 0 Å². The number of aromatic nitrogens is 2. The fourth-order valence-corrected chi connectivity index (χ4v) is 1.53. The number of carbonyl (C=O) groups excluding carboxylic acids is 1. The van der Waals surface area contributed by atoms with Crippen molar-refractivity contribution in [3.63, 3.8) is 0 Å². The Kier molecular flexibility index (Phi) is 5.35. The molecule has 6 nitrogen and oxygen atoms in total. The zero-order valence-electron chi connectivity index (χ0n) is 12.3. The van der Waals surface area contributed by atoms with Crippen molar-refractivity contribution in [2.24, 2.45) is 0 Å². The van der Waals surface area contributed by atoms with E-state index < -0.39 is 11.7 Å². The summed E-state index contributed by atoms with van der Waals surface area (Å²) in [7, 11) is 0. The van der Waals surface area contributed by atoms with Gasteiger partial charge in [-0.3, -0.25) is 5.10 Å². The fourth-order valence-electron chi connectivity index (χ4n) is 1.53. The molecule has 6 heteroatoms. The fraction of sp³-hybridized carbons (Fsp3) is 0.692. The van der Waals surface area contributed by atoms with Gasteiger partial charge in [0.2, 0.25) is 0 Å². The number of aromatic amines is 1. The first kappa shape index (κ1) is 15.5. The summed E-state index contributed by atoms with van der Waals surface area (Å²) in [5, 5.41) is 12.9. The van der Waals surface area contributed by atoms with Crippen molar-refractivity contribution in [2.45, 2.75) is 52.3 Å². The second-order valence-electron chi connectivity index (χ2n) is 5.69. The number of H-pyrrole nitrogens is 1. The third-order valence-corrected chi connectivity index (χ3v) is 2.48. The van der Waals surface area contributed by atoms with Crippen molar-refractivity contribution in [3.05, 3.63) is 18.0 Å². The van der Waals surface area contributed by atoms with E-state index in [-0.39, 0.29) is 12.1 Å². The molecule has 0 aromatic carbocycles. The van der Waals surface area contributed by atoms with Crippen molar-refractivity contribution in [1.29, 1.82) is 0 Å². The van der Waals surface area contributed by atoms with E-state index in [1.807, 2.05) is 40.7 Å². The number of nitrogens with zero attached hydrogens (tertiary/aromatic N) is 1. The molecule has 0 bridgehead atoms. The van der Waals surface area contributed by atoms with E-state index in [4.69, 9.17) is 4.74 Å². The van der Waals surface area contributed by atoms with Crippen LogP contribution in [0.1, 0.15) is 46.4 Å². The molecule has 2 atom stereocenters. The van der Waals surface area contributed by atoms with E-state index in [1.54, 1.807) is 6.20 Å². The van der Waals surface area contributed by atoms with E-state index in [0.29, 0.717) is 6.54 Å². The van der Waals surface area contributed by atoms with Crippen molar-refractivity contribution >= 4 is 6.09 Å². The van der Waals surface area contributed by atoms with Crippen molar-refractivity contribution in [2.75, 3.05) is 6.54 Å². The average molecular weight is 268 g/mol. The lowest BCUT2D eigenvalue weighted by Gasteiger charge is -2.22. The maximum Gasteiger partial charge on any atom is 0.407 e. The number of hydrogen-bond acceptors (Lipinski definition) is 4. The van der Waals surface area contributed by atoms with Crippen LogP contribution in [0.4, 0.5) is 4.79 Å².